The molecular weight excluding hydrogens is 550 g/mol. The van der Waals surface area contributed by atoms with Gasteiger partial charge in [0.25, 0.3) is 0 Å². The van der Waals surface area contributed by atoms with Crippen LogP contribution in [0.15, 0.2) is 138 Å². The Morgan fingerprint density at radius 3 is 1.95 bits per heavy atom. The van der Waals surface area contributed by atoms with Crippen molar-refractivity contribution in [3.05, 3.63) is 155 Å². The summed E-state index contributed by atoms with van der Waals surface area (Å²) in [6.07, 6.45) is 0. The fourth-order valence-corrected chi connectivity index (χ4v) is 5.10. The number of anilines is 2. The first-order valence-corrected chi connectivity index (χ1v) is 14.0. The summed E-state index contributed by atoms with van der Waals surface area (Å²) in [5, 5.41) is 4.58. The predicted molar refractivity (Wildman–Crippen MR) is 174 cm³/mol. The third kappa shape index (κ3) is 6.38. The van der Waals surface area contributed by atoms with Crippen LogP contribution in [-0.4, -0.2) is 4.57 Å². The third-order valence-electron chi connectivity index (χ3n) is 6.93. The normalized spacial score (nSPS) is 10.6. The maximum atomic E-state index is 13.3. The van der Waals surface area contributed by atoms with Crippen molar-refractivity contribution in [3.8, 4) is 16.9 Å². The van der Waals surface area contributed by atoms with E-state index in [9.17, 15) is 4.39 Å². The Hall–Kier alpha value is -4.31. The van der Waals surface area contributed by atoms with Gasteiger partial charge in [-0.15, -0.1) is 0 Å². The first kappa shape index (κ1) is 28.2. The van der Waals surface area contributed by atoms with E-state index in [2.05, 4.69) is 53.2 Å². The van der Waals surface area contributed by atoms with E-state index in [1.165, 1.54) is 23.1 Å². The number of rotatable bonds is 5. The minimum atomic E-state index is -0.214. The molecule has 0 atom stereocenters. The maximum absolute atomic E-state index is 13.3. The molecule has 2 nitrogen and oxygen atoms in total. The zero-order chi connectivity index (χ0) is 28.8. The predicted octanol–water partition coefficient (Wildman–Crippen LogP) is 11.3. The Morgan fingerprint density at radius 2 is 1.27 bits per heavy atom. The van der Waals surface area contributed by atoms with Crippen molar-refractivity contribution in [2.45, 2.75) is 13.8 Å². The number of benzene rings is 5. The lowest BCUT2D eigenvalue weighted by atomic mass is 10.1. The average Bonchev–Trinajstić information content (AvgIpc) is 3.31. The molecule has 6 rings (SSSR count). The number of hydrogen-bond donors (Lipinski definition) is 1. The molecule has 0 saturated carbocycles. The minimum absolute atomic E-state index is 0.214. The Morgan fingerprint density at radius 1 is 0.683 bits per heavy atom. The molecule has 6 aromatic rings. The van der Waals surface area contributed by atoms with Gasteiger partial charge in [0, 0.05) is 28.0 Å². The molecule has 0 aliphatic heterocycles. The van der Waals surface area contributed by atoms with Gasteiger partial charge < -0.3 is 9.88 Å². The Balaban J connectivity index is 0.000000170. The Kier molecular flexibility index (Phi) is 8.88. The summed E-state index contributed by atoms with van der Waals surface area (Å²) < 4.78 is 15.9. The highest BCUT2D eigenvalue weighted by molar-refractivity contribution is 6.58. The van der Waals surface area contributed by atoms with Crippen LogP contribution in [0.5, 0.6) is 0 Å². The zero-order valence-electron chi connectivity index (χ0n) is 22.8. The lowest BCUT2D eigenvalue weighted by Crippen LogP contribution is -1.97. The van der Waals surface area contributed by atoms with Crippen LogP contribution in [0.3, 0.4) is 0 Å². The molecule has 5 heteroatoms. The average molecular weight is 580 g/mol. The zero-order valence-corrected chi connectivity index (χ0v) is 24.3. The molecule has 1 N–H and O–H groups in total. The first-order valence-electron chi connectivity index (χ1n) is 13.3. The molecule has 1 heterocycles. The van der Waals surface area contributed by atoms with E-state index >= 15 is 0 Å². The summed E-state index contributed by atoms with van der Waals surface area (Å²) in [4.78, 5) is 0. The van der Waals surface area contributed by atoms with Crippen molar-refractivity contribution in [3.63, 3.8) is 0 Å². The van der Waals surface area contributed by atoms with Crippen molar-refractivity contribution < 1.29 is 4.39 Å². The molecule has 5 aromatic carbocycles. The second-order valence-electron chi connectivity index (χ2n) is 9.59. The van der Waals surface area contributed by atoms with Gasteiger partial charge in [-0.2, -0.15) is 0 Å². The van der Waals surface area contributed by atoms with Crippen molar-refractivity contribution in [2.75, 3.05) is 5.32 Å². The summed E-state index contributed by atoms with van der Waals surface area (Å²) in [5.74, 6) is -0.214. The Labute approximate surface area is 250 Å². The Bertz CT molecular complexity index is 1790. The molecule has 0 spiro atoms. The van der Waals surface area contributed by atoms with Gasteiger partial charge in [0.05, 0.1) is 11.2 Å². The second-order valence-corrected chi connectivity index (χ2v) is 10.5. The molecule has 0 aliphatic carbocycles. The van der Waals surface area contributed by atoms with Gasteiger partial charge in [0.15, 0.2) is 0 Å². The highest BCUT2D eigenvalue weighted by Crippen LogP contribution is 2.36. The molecule has 0 radical (unpaired) electrons. The quantitative estimate of drug-likeness (QED) is 0.215. The van der Waals surface area contributed by atoms with Crippen LogP contribution in [0.1, 0.15) is 18.1 Å². The molecule has 41 heavy (non-hydrogen) atoms. The summed E-state index contributed by atoms with van der Waals surface area (Å²) in [7, 11) is 0. The number of nitrogens with zero attached hydrogens (tertiary/aromatic N) is 1. The van der Waals surface area contributed by atoms with Gasteiger partial charge in [-0.3, -0.25) is 0 Å². The van der Waals surface area contributed by atoms with Crippen molar-refractivity contribution in [1.82, 2.24) is 4.57 Å². The van der Waals surface area contributed by atoms with E-state index in [-0.39, 0.29) is 10.3 Å². The molecule has 0 aliphatic rings. The van der Waals surface area contributed by atoms with Crippen LogP contribution < -0.4 is 5.32 Å². The minimum Gasteiger partial charge on any atom is -0.355 e. The molecule has 0 unspecified atom stereocenters. The number of fused-ring (bicyclic) bond motifs is 1. The molecule has 0 amide bonds. The lowest BCUT2D eigenvalue weighted by Gasteiger charge is -2.12. The molecule has 204 valence electrons. The van der Waals surface area contributed by atoms with Crippen molar-refractivity contribution >= 4 is 51.1 Å². The van der Waals surface area contributed by atoms with E-state index in [1.54, 1.807) is 0 Å². The highest BCUT2D eigenvalue weighted by Gasteiger charge is 2.16. The van der Waals surface area contributed by atoms with Crippen LogP contribution >= 0.6 is 23.2 Å². The van der Waals surface area contributed by atoms with Gasteiger partial charge in [-0.05, 0) is 91.2 Å². The van der Waals surface area contributed by atoms with Crippen LogP contribution in [0.25, 0.3) is 33.4 Å². The highest BCUT2D eigenvalue weighted by atomic mass is 35.5. The molecule has 0 fully saturated rings. The third-order valence-corrected chi connectivity index (χ3v) is 7.49. The number of para-hydroxylation sites is 4. The fourth-order valence-electron chi connectivity index (χ4n) is 4.90. The van der Waals surface area contributed by atoms with Gasteiger partial charge in [-0.25, -0.2) is 4.39 Å². The van der Waals surface area contributed by atoms with Gasteiger partial charge in [0.2, 0.25) is 0 Å². The van der Waals surface area contributed by atoms with Crippen molar-refractivity contribution in [1.29, 1.82) is 0 Å². The van der Waals surface area contributed by atoms with E-state index in [1.807, 2.05) is 91.9 Å². The summed E-state index contributed by atoms with van der Waals surface area (Å²) in [6, 6.07) is 43.3. The van der Waals surface area contributed by atoms with Crippen LogP contribution in [0, 0.1) is 12.7 Å². The monoisotopic (exact) mass is 578 g/mol. The number of nitrogens with one attached hydrogen (secondary N) is 1. The summed E-state index contributed by atoms with van der Waals surface area (Å²) in [5.41, 5.74) is 9.48. The van der Waals surface area contributed by atoms with E-state index in [0.717, 1.165) is 45.0 Å². The first-order chi connectivity index (χ1) is 19.9. The fraction of sp³-hybridized carbons (Fsp3) is 0.0556. The lowest BCUT2D eigenvalue weighted by molar-refractivity contribution is 0.628. The SMILES string of the molecule is CC(=C(Cl)Cl)c1ccccc1Nc1ccccc1.Cc1c(-c2ccc(F)cc2)n(-c2ccccc2)c2ccccc12. The maximum Gasteiger partial charge on any atom is 0.123 e. The molecular formula is C36H29Cl2FN2. The summed E-state index contributed by atoms with van der Waals surface area (Å²) >= 11 is 11.7. The second kappa shape index (κ2) is 12.9. The number of allylic oxidation sites excluding steroid dienone is 1. The van der Waals surface area contributed by atoms with Crippen molar-refractivity contribution in [2.24, 2.45) is 0 Å². The number of hydrogen-bond acceptors (Lipinski definition) is 1. The number of aryl methyl sites for hydroxylation is 1. The summed E-state index contributed by atoms with van der Waals surface area (Å²) in [6.45, 7) is 4.03. The van der Waals surface area contributed by atoms with Gasteiger partial charge >= 0.3 is 0 Å². The van der Waals surface area contributed by atoms with Crippen LogP contribution in [0.2, 0.25) is 0 Å². The number of halogens is 3. The molecule has 1 aromatic heterocycles. The topological polar surface area (TPSA) is 17.0 Å². The molecule has 0 saturated heterocycles. The van der Waals surface area contributed by atoms with Crippen LogP contribution in [-0.2, 0) is 0 Å². The van der Waals surface area contributed by atoms with E-state index < -0.39 is 0 Å². The smallest absolute Gasteiger partial charge is 0.123 e. The standard InChI is InChI=1S/C21H16FN.C15H13Cl2N/c1-15-19-9-5-6-10-20(19)23(18-7-3-2-4-8-18)21(15)16-11-13-17(22)14-12-16;1-11(15(16)17)13-9-5-6-10-14(13)18-12-7-3-2-4-8-12/h2-14H,1H3;2-10,18H,1H3. The van der Waals surface area contributed by atoms with Gasteiger partial charge in [0.1, 0.15) is 10.3 Å². The van der Waals surface area contributed by atoms with E-state index in [4.69, 9.17) is 23.2 Å². The van der Waals surface area contributed by atoms with Gasteiger partial charge in [-0.1, -0.05) is 96.0 Å². The largest absolute Gasteiger partial charge is 0.355 e. The molecule has 0 bridgehead atoms. The van der Waals surface area contributed by atoms with Crippen LogP contribution in [0.4, 0.5) is 15.8 Å². The number of aromatic nitrogens is 1. The van der Waals surface area contributed by atoms with E-state index in [0.29, 0.717) is 0 Å².